The number of nitrogens with zero attached hydrogens (tertiary/aromatic N) is 1. The maximum atomic E-state index is 9.70. The molecule has 0 fully saturated rings. The maximum absolute atomic E-state index is 9.70. The topological polar surface area (TPSA) is 59.3 Å². The van der Waals surface area contributed by atoms with Crippen LogP contribution < -0.4 is 0 Å². The molecule has 0 aromatic carbocycles. The van der Waals surface area contributed by atoms with Gasteiger partial charge >= 0.3 is 5.97 Å². The molecular formula is C3H3NO3. The van der Waals surface area contributed by atoms with Crippen LogP contribution in [0.3, 0.4) is 0 Å². The monoisotopic (exact) mass is 101 g/mol. The normalized spacial score (nSPS) is 6.86. The number of carbonyl (C=O) groups is 1. The van der Waals surface area contributed by atoms with E-state index in [4.69, 9.17) is 5.26 Å². The van der Waals surface area contributed by atoms with Crippen molar-refractivity contribution < 1.29 is 14.6 Å². The van der Waals surface area contributed by atoms with Gasteiger partial charge in [0.15, 0.2) is 6.07 Å². The lowest BCUT2D eigenvalue weighted by atomic mass is 10.8. The van der Waals surface area contributed by atoms with Crippen molar-refractivity contribution in [1.82, 2.24) is 0 Å². The molecule has 0 aliphatic rings. The van der Waals surface area contributed by atoms with Crippen LogP contribution in [0.15, 0.2) is 0 Å². The third kappa shape index (κ3) is 2.73. The first-order valence-corrected chi connectivity index (χ1v) is 1.46. The minimum atomic E-state index is -1.04. The zero-order valence-electron chi connectivity index (χ0n) is 3.67. The fraction of sp³-hybridized carbons (Fsp3) is 0.333. The van der Waals surface area contributed by atoms with Crippen molar-refractivity contribution in [1.29, 1.82) is 5.26 Å². The van der Waals surface area contributed by atoms with E-state index < -0.39 is 5.97 Å². The summed E-state index contributed by atoms with van der Waals surface area (Å²) in [5.41, 5.74) is 0. The van der Waals surface area contributed by atoms with Crippen molar-refractivity contribution in [3.8, 4) is 6.07 Å². The molecule has 0 N–H and O–H groups in total. The van der Waals surface area contributed by atoms with Gasteiger partial charge in [0.05, 0.1) is 7.11 Å². The number of carbonyl (C=O) groups excluding carboxylic acids is 1. The van der Waals surface area contributed by atoms with Gasteiger partial charge < -0.3 is 0 Å². The smallest absolute Gasteiger partial charge is 0.282 e. The van der Waals surface area contributed by atoms with E-state index in [0.29, 0.717) is 0 Å². The highest BCUT2D eigenvalue weighted by atomic mass is 17.2. The Morgan fingerprint density at radius 3 is 2.57 bits per heavy atom. The third-order valence-electron chi connectivity index (χ3n) is 0.250. The Morgan fingerprint density at radius 2 is 2.43 bits per heavy atom. The van der Waals surface area contributed by atoms with Crippen molar-refractivity contribution in [2.24, 2.45) is 0 Å². The standard InChI is InChI=1S/C3H3NO3/c1-6-7-3(5)2-4/h1H3. The molecule has 0 saturated heterocycles. The molecule has 38 valence electrons. The van der Waals surface area contributed by atoms with Gasteiger partial charge in [-0.2, -0.15) is 10.1 Å². The van der Waals surface area contributed by atoms with Crippen LogP contribution in [-0.2, 0) is 14.6 Å². The van der Waals surface area contributed by atoms with Crippen molar-refractivity contribution in [2.75, 3.05) is 7.11 Å². The summed E-state index contributed by atoms with van der Waals surface area (Å²) < 4.78 is 0. The number of rotatable bonds is 1. The number of hydrogen-bond donors (Lipinski definition) is 0. The zero-order chi connectivity index (χ0) is 5.70. The number of nitriles is 1. The van der Waals surface area contributed by atoms with Gasteiger partial charge in [0.25, 0.3) is 0 Å². The molecule has 0 aromatic rings. The molecule has 4 nitrogen and oxygen atoms in total. The molecule has 0 heterocycles. The molecule has 0 aliphatic heterocycles. The summed E-state index contributed by atoms with van der Waals surface area (Å²) in [7, 11) is 1.15. The highest BCUT2D eigenvalue weighted by Crippen LogP contribution is 1.70. The molecule has 0 rings (SSSR count). The molecule has 0 aromatic heterocycles. The largest absolute Gasteiger partial charge is 0.442 e. The summed E-state index contributed by atoms with van der Waals surface area (Å²) in [5, 5.41) is 7.66. The summed E-state index contributed by atoms with van der Waals surface area (Å²) >= 11 is 0. The highest BCUT2D eigenvalue weighted by molar-refractivity contribution is 5.85. The molecule has 0 unspecified atom stereocenters. The van der Waals surface area contributed by atoms with E-state index in [9.17, 15) is 4.79 Å². The van der Waals surface area contributed by atoms with Gasteiger partial charge in [-0.3, -0.25) is 4.89 Å². The molecule has 4 heteroatoms. The maximum Gasteiger partial charge on any atom is 0.442 e. The van der Waals surface area contributed by atoms with Gasteiger partial charge in [-0.1, -0.05) is 0 Å². The molecule has 0 radical (unpaired) electrons. The fourth-order valence-electron chi connectivity index (χ4n) is 0.0943. The van der Waals surface area contributed by atoms with Gasteiger partial charge in [-0.05, 0) is 0 Å². The van der Waals surface area contributed by atoms with E-state index in [-0.39, 0.29) is 0 Å². The lowest BCUT2D eigenvalue weighted by molar-refractivity contribution is -0.248. The van der Waals surface area contributed by atoms with Gasteiger partial charge in [-0.15, -0.1) is 0 Å². The van der Waals surface area contributed by atoms with Crippen LogP contribution in [0, 0.1) is 11.3 Å². The third-order valence-corrected chi connectivity index (χ3v) is 0.250. The van der Waals surface area contributed by atoms with Crippen LogP contribution in [-0.4, -0.2) is 13.1 Å². The van der Waals surface area contributed by atoms with Crippen LogP contribution >= 0.6 is 0 Å². The summed E-state index contributed by atoms with van der Waals surface area (Å²) in [5.74, 6) is -1.04. The molecule has 0 spiro atoms. The van der Waals surface area contributed by atoms with E-state index in [1.165, 1.54) is 6.07 Å². The van der Waals surface area contributed by atoms with E-state index in [1.54, 1.807) is 0 Å². The first-order chi connectivity index (χ1) is 3.31. The second-order valence-corrected chi connectivity index (χ2v) is 0.649. The SMILES string of the molecule is COOC(=O)C#N. The molecule has 0 aliphatic carbocycles. The first-order valence-electron chi connectivity index (χ1n) is 1.46. The minimum Gasteiger partial charge on any atom is -0.282 e. The average molecular weight is 101 g/mol. The highest BCUT2D eigenvalue weighted by Gasteiger charge is 1.94. The van der Waals surface area contributed by atoms with E-state index in [1.807, 2.05) is 0 Å². The zero-order valence-corrected chi connectivity index (χ0v) is 3.67. The van der Waals surface area contributed by atoms with Crippen molar-refractivity contribution >= 4 is 5.97 Å². The van der Waals surface area contributed by atoms with E-state index in [2.05, 4.69) is 9.78 Å². The Balaban J connectivity index is 3.24. The average Bonchev–Trinajstić information content (AvgIpc) is 1.68. The fourth-order valence-corrected chi connectivity index (χ4v) is 0.0943. The molecular weight excluding hydrogens is 98.0 g/mol. The second-order valence-electron chi connectivity index (χ2n) is 0.649. The van der Waals surface area contributed by atoms with Gasteiger partial charge in [0, 0.05) is 0 Å². The molecule has 7 heavy (non-hydrogen) atoms. The summed E-state index contributed by atoms with van der Waals surface area (Å²) in [4.78, 5) is 17.2. The van der Waals surface area contributed by atoms with Crippen LogP contribution in [0.5, 0.6) is 0 Å². The number of hydrogen-bond acceptors (Lipinski definition) is 4. The molecule has 0 amide bonds. The van der Waals surface area contributed by atoms with Crippen LogP contribution in [0.25, 0.3) is 0 Å². The molecule has 0 bridgehead atoms. The van der Waals surface area contributed by atoms with Gasteiger partial charge in [0.1, 0.15) is 0 Å². The Bertz CT molecular complexity index is 103. The van der Waals surface area contributed by atoms with Crippen LogP contribution in [0.1, 0.15) is 0 Å². The lowest BCUT2D eigenvalue weighted by Crippen LogP contribution is -1.97. The summed E-state index contributed by atoms with van der Waals surface area (Å²) in [6, 6.07) is 1.18. The van der Waals surface area contributed by atoms with E-state index >= 15 is 0 Å². The Hall–Kier alpha value is -1.08. The quantitative estimate of drug-likeness (QED) is 0.256. The molecule has 0 saturated carbocycles. The predicted molar refractivity (Wildman–Crippen MR) is 18.7 cm³/mol. The lowest BCUT2D eigenvalue weighted by Gasteiger charge is -1.85. The van der Waals surface area contributed by atoms with E-state index in [0.717, 1.165) is 7.11 Å². The summed E-state index contributed by atoms with van der Waals surface area (Å²) in [6.45, 7) is 0. The Morgan fingerprint density at radius 1 is 1.86 bits per heavy atom. The van der Waals surface area contributed by atoms with Crippen molar-refractivity contribution in [3.63, 3.8) is 0 Å². The summed E-state index contributed by atoms with van der Waals surface area (Å²) in [6.07, 6.45) is 0. The van der Waals surface area contributed by atoms with Crippen molar-refractivity contribution in [3.05, 3.63) is 0 Å². The minimum absolute atomic E-state index is 1.04. The Kier molecular flexibility index (Phi) is 2.64. The van der Waals surface area contributed by atoms with Crippen molar-refractivity contribution in [2.45, 2.75) is 0 Å². The van der Waals surface area contributed by atoms with Crippen LogP contribution in [0.2, 0.25) is 0 Å². The molecule has 0 atom stereocenters. The second kappa shape index (κ2) is 3.12. The van der Waals surface area contributed by atoms with Crippen LogP contribution in [0.4, 0.5) is 0 Å². The Labute approximate surface area is 40.2 Å². The first kappa shape index (κ1) is 5.92. The predicted octanol–water partition coefficient (Wildman–Crippen LogP) is -0.385. The van der Waals surface area contributed by atoms with Gasteiger partial charge in [0.2, 0.25) is 0 Å². The van der Waals surface area contributed by atoms with Gasteiger partial charge in [-0.25, -0.2) is 4.79 Å².